The Balaban J connectivity index is 2.52. The van der Waals surface area contributed by atoms with Gasteiger partial charge in [-0.05, 0) is 24.8 Å². The Kier molecular flexibility index (Phi) is 7.30. The molecule has 0 saturated carbocycles. The summed E-state index contributed by atoms with van der Waals surface area (Å²) in [6.45, 7) is 2.87. The van der Waals surface area contributed by atoms with Crippen molar-refractivity contribution in [2.45, 2.75) is 64.4 Å². The molecule has 1 fully saturated rings. The Bertz CT molecular complexity index is 357. The molecule has 1 rings (SSSR count). The smallest absolute Gasteiger partial charge is 0.254 e. The van der Waals surface area contributed by atoms with E-state index in [-0.39, 0.29) is 11.7 Å². The summed E-state index contributed by atoms with van der Waals surface area (Å²) in [5, 5.41) is 0. The number of unbranched alkanes of at least 4 members (excludes halogenated alkanes) is 5. The largest absolute Gasteiger partial charge is 0.373 e. The van der Waals surface area contributed by atoms with Gasteiger partial charge in [-0.1, -0.05) is 39.0 Å². The quantitative estimate of drug-likeness (QED) is 0.199. The lowest BCUT2D eigenvalue weighted by Gasteiger charge is -2.10. The Morgan fingerprint density at radius 3 is 2.10 bits per heavy atom. The van der Waals surface area contributed by atoms with Crippen LogP contribution in [0.2, 0.25) is 0 Å². The summed E-state index contributed by atoms with van der Waals surface area (Å²) in [5.41, 5.74) is 11.3. The zero-order chi connectivity index (χ0) is 15.0. The fraction of sp³-hybridized carbons (Fsp3) is 0.733. The molecule has 5 heteroatoms. The van der Waals surface area contributed by atoms with Gasteiger partial charge in [0.25, 0.3) is 11.8 Å². The topological polar surface area (TPSA) is 98.7 Å². The number of primary amides is 2. The zero-order valence-electron chi connectivity index (χ0n) is 12.3. The van der Waals surface area contributed by atoms with Crippen LogP contribution < -0.4 is 11.5 Å². The molecule has 5 nitrogen and oxygen atoms in total. The molecule has 0 aromatic carbocycles. The summed E-state index contributed by atoms with van der Waals surface area (Å²) < 4.78 is 5.17. The van der Waals surface area contributed by atoms with E-state index in [1.807, 2.05) is 0 Å². The summed E-state index contributed by atoms with van der Waals surface area (Å²) in [5.74, 6) is -1.45. The molecule has 4 N–H and O–H groups in total. The SMILES string of the molecule is CCCCCCCCC(CC1CO1)=C(C(N)=O)C(N)=O. The average molecular weight is 282 g/mol. The van der Waals surface area contributed by atoms with E-state index in [9.17, 15) is 9.59 Å². The number of carbonyl (C=O) groups is 2. The molecule has 20 heavy (non-hydrogen) atoms. The van der Waals surface area contributed by atoms with Gasteiger partial charge in [0, 0.05) is 0 Å². The third-order valence-electron chi connectivity index (χ3n) is 3.55. The molecular weight excluding hydrogens is 256 g/mol. The van der Waals surface area contributed by atoms with Crippen molar-refractivity contribution in [3.05, 3.63) is 11.1 Å². The number of nitrogens with two attached hydrogens (primary N) is 2. The minimum Gasteiger partial charge on any atom is -0.373 e. The van der Waals surface area contributed by atoms with Gasteiger partial charge in [0.05, 0.1) is 12.7 Å². The van der Waals surface area contributed by atoms with Crippen molar-refractivity contribution in [2.24, 2.45) is 11.5 Å². The lowest BCUT2D eigenvalue weighted by atomic mass is 9.96. The van der Waals surface area contributed by atoms with Gasteiger partial charge < -0.3 is 16.2 Å². The standard InChI is InChI=1S/C15H26N2O3/c1-2-3-4-5-6-7-8-11(9-12-10-20-12)13(14(16)18)15(17)19/h12H,2-10H2,1H3,(H2,16,18)(H2,17,19). The molecule has 0 aliphatic carbocycles. The van der Waals surface area contributed by atoms with E-state index in [2.05, 4.69) is 6.92 Å². The van der Waals surface area contributed by atoms with Crippen LogP contribution in [0.15, 0.2) is 11.1 Å². The maximum absolute atomic E-state index is 11.4. The summed E-state index contributed by atoms with van der Waals surface area (Å²) in [7, 11) is 0. The van der Waals surface area contributed by atoms with Crippen LogP contribution in [0, 0.1) is 0 Å². The molecule has 0 aromatic heterocycles. The molecule has 1 unspecified atom stereocenters. The van der Waals surface area contributed by atoms with E-state index in [0.29, 0.717) is 19.4 Å². The van der Waals surface area contributed by atoms with Crippen molar-refractivity contribution in [1.29, 1.82) is 0 Å². The highest BCUT2D eigenvalue weighted by atomic mass is 16.6. The van der Waals surface area contributed by atoms with Crippen LogP contribution in [0.3, 0.4) is 0 Å². The molecule has 0 bridgehead atoms. The molecule has 1 saturated heterocycles. The molecule has 1 atom stereocenters. The van der Waals surface area contributed by atoms with E-state index in [0.717, 1.165) is 18.4 Å². The maximum Gasteiger partial charge on any atom is 0.254 e. The first-order chi connectivity index (χ1) is 9.56. The van der Waals surface area contributed by atoms with Crippen molar-refractivity contribution in [3.8, 4) is 0 Å². The Morgan fingerprint density at radius 1 is 1.05 bits per heavy atom. The number of carbonyl (C=O) groups excluding carboxylic acids is 2. The minimum absolute atomic E-state index is 0.0194. The number of rotatable bonds is 11. The van der Waals surface area contributed by atoms with Crippen LogP contribution >= 0.6 is 0 Å². The van der Waals surface area contributed by atoms with E-state index < -0.39 is 11.8 Å². The van der Waals surface area contributed by atoms with Crippen molar-refractivity contribution in [3.63, 3.8) is 0 Å². The van der Waals surface area contributed by atoms with Gasteiger partial charge in [-0.2, -0.15) is 0 Å². The predicted molar refractivity (Wildman–Crippen MR) is 77.8 cm³/mol. The Hall–Kier alpha value is -1.36. The third-order valence-corrected chi connectivity index (χ3v) is 3.55. The summed E-state index contributed by atoms with van der Waals surface area (Å²) >= 11 is 0. The Morgan fingerprint density at radius 2 is 1.60 bits per heavy atom. The predicted octanol–water partition coefficient (Wildman–Crippen LogP) is 1.79. The number of hydrogen-bond donors (Lipinski definition) is 2. The Labute approximate surface area is 120 Å². The zero-order valence-corrected chi connectivity index (χ0v) is 12.3. The van der Waals surface area contributed by atoms with E-state index in [1.165, 1.54) is 25.7 Å². The average Bonchev–Trinajstić information content (AvgIpc) is 3.16. The number of ether oxygens (including phenoxy) is 1. The molecule has 1 aliphatic heterocycles. The molecule has 114 valence electrons. The normalized spacial score (nSPS) is 16.8. The van der Waals surface area contributed by atoms with Crippen LogP contribution in [-0.4, -0.2) is 24.5 Å². The first kappa shape index (κ1) is 16.7. The van der Waals surface area contributed by atoms with Crippen LogP contribution in [0.1, 0.15) is 58.3 Å². The monoisotopic (exact) mass is 282 g/mol. The third kappa shape index (κ3) is 6.19. The van der Waals surface area contributed by atoms with E-state index in [1.54, 1.807) is 0 Å². The lowest BCUT2D eigenvalue weighted by Crippen LogP contribution is -2.28. The van der Waals surface area contributed by atoms with Crippen LogP contribution in [0.4, 0.5) is 0 Å². The van der Waals surface area contributed by atoms with Crippen molar-refractivity contribution < 1.29 is 14.3 Å². The first-order valence-corrected chi connectivity index (χ1v) is 7.49. The molecular formula is C15H26N2O3. The van der Waals surface area contributed by atoms with Gasteiger partial charge >= 0.3 is 0 Å². The van der Waals surface area contributed by atoms with Gasteiger partial charge in [0.1, 0.15) is 5.57 Å². The molecule has 1 heterocycles. The van der Waals surface area contributed by atoms with Crippen LogP contribution in [0.5, 0.6) is 0 Å². The van der Waals surface area contributed by atoms with Gasteiger partial charge in [-0.15, -0.1) is 0 Å². The fourth-order valence-electron chi connectivity index (χ4n) is 2.38. The van der Waals surface area contributed by atoms with Crippen molar-refractivity contribution in [2.75, 3.05) is 6.61 Å². The number of amides is 2. The summed E-state index contributed by atoms with van der Waals surface area (Å²) in [4.78, 5) is 22.8. The van der Waals surface area contributed by atoms with Crippen molar-refractivity contribution >= 4 is 11.8 Å². The second-order valence-corrected chi connectivity index (χ2v) is 5.38. The molecule has 0 aromatic rings. The van der Waals surface area contributed by atoms with Gasteiger partial charge in [0.2, 0.25) is 0 Å². The summed E-state index contributed by atoms with van der Waals surface area (Å²) in [6.07, 6.45) is 8.37. The number of hydrogen-bond acceptors (Lipinski definition) is 3. The lowest BCUT2D eigenvalue weighted by molar-refractivity contribution is -0.120. The molecule has 2 amide bonds. The van der Waals surface area contributed by atoms with Crippen LogP contribution in [0.25, 0.3) is 0 Å². The maximum atomic E-state index is 11.4. The second-order valence-electron chi connectivity index (χ2n) is 5.38. The minimum atomic E-state index is -0.723. The van der Waals surface area contributed by atoms with E-state index in [4.69, 9.17) is 16.2 Å². The van der Waals surface area contributed by atoms with Gasteiger partial charge in [-0.3, -0.25) is 9.59 Å². The molecule has 0 spiro atoms. The van der Waals surface area contributed by atoms with Crippen molar-refractivity contribution in [1.82, 2.24) is 0 Å². The van der Waals surface area contributed by atoms with Crippen LogP contribution in [-0.2, 0) is 14.3 Å². The first-order valence-electron chi connectivity index (χ1n) is 7.49. The second kappa shape index (κ2) is 8.74. The fourth-order valence-corrected chi connectivity index (χ4v) is 2.38. The highest BCUT2D eigenvalue weighted by molar-refractivity contribution is 6.17. The van der Waals surface area contributed by atoms with Gasteiger partial charge in [0.15, 0.2) is 0 Å². The number of epoxide rings is 1. The highest BCUT2D eigenvalue weighted by Crippen LogP contribution is 2.25. The van der Waals surface area contributed by atoms with Gasteiger partial charge in [-0.25, -0.2) is 0 Å². The van der Waals surface area contributed by atoms with E-state index >= 15 is 0 Å². The highest BCUT2D eigenvalue weighted by Gasteiger charge is 2.27. The molecule has 1 aliphatic rings. The molecule has 0 radical (unpaired) electrons. The summed E-state index contributed by atoms with van der Waals surface area (Å²) in [6, 6.07) is 0.